The zero-order chi connectivity index (χ0) is 6.95. The maximum absolute atomic E-state index is 4.85. The fraction of sp³-hybridized carbons (Fsp3) is 0.857. The minimum atomic E-state index is 0.762. The molecule has 0 aliphatic carbocycles. The molecule has 0 heterocycles. The number of hydrogen-bond acceptors (Lipinski definition) is 2. The van der Waals surface area contributed by atoms with Crippen LogP contribution >= 0.6 is 0 Å². The third-order valence-corrected chi connectivity index (χ3v) is 1.02. The third kappa shape index (κ3) is 7.47. The quantitative estimate of drug-likeness (QED) is 0.317. The summed E-state index contributed by atoms with van der Waals surface area (Å²) in [5.41, 5.74) is 0. The molecule has 0 saturated carbocycles. The van der Waals surface area contributed by atoms with Gasteiger partial charge < -0.3 is 4.84 Å². The van der Waals surface area contributed by atoms with Crippen LogP contribution in [-0.4, -0.2) is 12.8 Å². The molecular formula is C7H15NO. The van der Waals surface area contributed by atoms with Crippen LogP contribution in [0.25, 0.3) is 0 Å². The van der Waals surface area contributed by atoms with E-state index in [-0.39, 0.29) is 0 Å². The summed E-state index contributed by atoms with van der Waals surface area (Å²) in [6, 6.07) is 0. The SMILES string of the molecule is CC=NOCCCCC. The van der Waals surface area contributed by atoms with Crippen LogP contribution in [0.4, 0.5) is 0 Å². The van der Waals surface area contributed by atoms with E-state index in [1.54, 1.807) is 6.21 Å². The fourth-order valence-corrected chi connectivity index (χ4v) is 0.544. The predicted octanol–water partition coefficient (Wildman–Crippen LogP) is 2.20. The van der Waals surface area contributed by atoms with E-state index in [1.807, 2.05) is 6.92 Å². The van der Waals surface area contributed by atoms with Crippen molar-refractivity contribution in [2.75, 3.05) is 6.61 Å². The van der Waals surface area contributed by atoms with E-state index in [9.17, 15) is 0 Å². The summed E-state index contributed by atoms with van der Waals surface area (Å²) >= 11 is 0. The Morgan fingerprint density at radius 2 is 2.22 bits per heavy atom. The van der Waals surface area contributed by atoms with Gasteiger partial charge in [-0.15, -0.1) is 0 Å². The fourth-order valence-electron chi connectivity index (χ4n) is 0.544. The summed E-state index contributed by atoms with van der Waals surface area (Å²) < 4.78 is 0. The highest BCUT2D eigenvalue weighted by molar-refractivity contribution is 5.52. The number of hydrogen-bond donors (Lipinski definition) is 0. The van der Waals surface area contributed by atoms with Crippen molar-refractivity contribution in [3.8, 4) is 0 Å². The van der Waals surface area contributed by atoms with Gasteiger partial charge >= 0.3 is 0 Å². The van der Waals surface area contributed by atoms with Gasteiger partial charge in [-0.2, -0.15) is 0 Å². The number of rotatable bonds is 5. The first-order valence-corrected chi connectivity index (χ1v) is 3.51. The maximum atomic E-state index is 4.85. The number of nitrogens with zero attached hydrogens (tertiary/aromatic N) is 1. The van der Waals surface area contributed by atoms with E-state index >= 15 is 0 Å². The Bertz CT molecular complexity index is 71.3. The molecule has 0 bridgehead atoms. The number of unbranched alkanes of at least 4 members (excludes halogenated alkanes) is 2. The lowest BCUT2D eigenvalue weighted by Gasteiger charge is -1.95. The highest BCUT2D eigenvalue weighted by Gasteiger charge is 1.82. The Hall–Kier alpha value is -0.530. The average molecular weight is 129 g/mol. The molecule has 0 rings (SSSR count). The Labute approximate surface area is 56.9 Å². The molecule has 2 nitrogen and oxygen atoms in total. The standard InChI is InChI=1S/C7H15NO/c1-3-5-6-7-9-8-4-2/h4H,3,5-7H2,1-2H3. The summed E-state index contributed by atoms with van der Waals surface area (Å²) in [7, 11) is 0. The van der Waals surface area contributed by atoms with Crippen LogP contribution in [0.3, 0.4) is 0 Å². The summed E-state index contributed by atoms with van der Waals surface area (Å²) in [5.74, 6) is 0. The van der Waals surface area contributed by atoms with Gasteiger partial charge in [0, 0.05) is 6.21 Å². The van der Waals surface area contributed by atoms with Crippen molar-refractivity contribution in [2.45, 2.75) is 33.1 Å². The Morgan fingerprint density at radius 3 is 2.78 bits per heavy atom. The highest BCUT2D eigenvalue weighted by Crippen LogP contribution is 1.93. The maximum Gasteiger partial charge on any atom is 0.117 e. The largest absolute Gasteiger partial charge is 0.396 e. The first-order chi connectivity index (χ1) is 4.41. The molecule has 0 aromatic rings. The van der Waals surface area contributed by atoms with Crippen LogP contribution in [0.5, 0.6) is 0 Å². The van der Waals surface area contributed by atoms with Crippen LogP contribution in [0.2, 0.25) is 0 Å². The molecule has 0 aliphatic heterocycles. The molecule has 0 unspecified atom stereocenters. The van der Waals surface area contributed by atoms with Crippen molar-refractivity contribution in [1.29, 1.82) is 0 Å². The molecule has 0 aliphatic rings. The van der Waals surface area contributed by atoms with Crippen molar-refractivity contribution in [3.63, 3.8) is 0 Å². The molecule has 0 spiro atoms. The molecule has 0 fully saturated rings. The van der Waals surface area contributed by atoms with E-state index in [0.29, 0.717) is 0 Å². The molecular weight excluding hydrogens is 114 g/mol. The zero-order valence-electron chi connectivity index (χ0n) is 6.26. The van der Waals surface area contributed by atoms with E-state index in [2.05, 4.69) is 12.1 Å². The summed E-state index contributed by atoms with van der Waals surface area (Å²) in [6.45, 7) is 4.78. The predicted molar refractivity (Wildman–Crippen MR) is 39.6 cm³/mol. The second-order valence-electron chi connectivity index (χ2n) is 1.90. The van der Waals surface area contributed by atoms with Crippen molar-refractivity contribution in [3.05, 3.63) is 0 Å². The van der Waals surface area contributed by atoms with Crippen molar-refractivity contribution in [1.82, 2.24) is 0 Å². The van der Waals surface area contributed by atoms with Gasteiger partial charge in [-0.1, -0.05) is 24.9 Å². The molecule has 0 radical (unpaired) electrons. The first-order valence-electron chi connectivity index (χ1n) is 3.51. The second-order valence-corrected chi connectivity index (χ2v) is 1.90. The van der Waals surface area contributed by atoms with Gasteiger partial charge in [0.25, 0.3) is 0 Å². The van der Waals surface area contributed by atoms with Gasteiger partial charge in [0.1, 0.15) is 6.61 Å². The van der Waals surface area contributed by atoms with Gasteiger partial charge in [-0.3, -0.25) is 0 Å². The van der Waals surface area contributed by atoms with E-state index in [0.717, 1.165) is 13.0 Å². The lowest BCUT2D eigenvalue weighted by molar-refractivity contribution is 0.141. The molecule has 0 aromatic heterocycles. The van der Waals surface area contributed by atoms with Crippen molar-refractivity contribution < 1.29 is 4.84 Å². The highest BCUT2D eigenvalue weighted by atomic mass is 16.6. The van der Waals surface area contributed by atoms with Crippen LogP contribution in [-0.2, 0) is 4.84 Å². The molecule has 54 valence electrons. The van der Waals surface area contributed by atoms with Gasteiger partial charge in [-0.25, -0.2) is 0 Å². The molecule has 0 N–H and O–H groups in total. The van der Waals surface area contributed by atoms with Crippen molar-refractivity contribution >= 4 is 6.21 Å². The minimum absolute atomic E-state index is 0.762. The smallest absolute Gasteiger partial charge is 0.117 e. The molecule has 0 atom stereocenters. The minimum Gasteiger partial charge on any atom is -0.396 e. The van der Waals surface area contributed by atoms with Crippen LogP contribution in [0.1, 0.15) is 33.1 Å². The Balaban J connectivity index is 2.75. The monoisotopic (exact) mass is 129 g/mol. The van der Waals surface area contributed by atoms with Crippen LogP contribution < -0.4 is 0 Å². The second kappa shape index (κ2) is 7.47. The van der Waals surface area contributed by atoms with Crippen molar-refractivity contribution in [2.24, 2.45) is 5.16 Å². The summed E-state index contributed by atoms with van der Waals surface area (Å²) in [5, 5.41) is 3.62. The molecule has 0 amide bonds. The first kappa shape index (κ1) is 8.47. The van der Waals surface area contributed by atoms with Gasteiger partial charge in [-0.05, 0) is 13.3 Å². The van der Waals surface area contributed by atoms with Gasteiger partial charge in [0.15, 0.2) is 0 Å². The molecule has 0 aromatic carbocycles. The summed E-state index contributed by atoms with van der Waals surface area (Å²) in [4.78, 5) is 4.85. The summed E-state index contributed by atoms with van der Waals surface area (Å²) in [6.07, 6.45) is 5.25. The van der Waals surface area contributed by atoms with Crippen LogP contribution in [0, 0.1) is 0 Å². The molecule has 0 saturated heterocycles. The normalized spacial score (nSPS) is 10.4. The molecule has 2 heteroatoms. The average Bonchev–Trinajstić information content (AvgIpc) is 1.89. The number of oxime groups is 1. The van der Waals surface area contributed by atoms with Crippen LogP contribution in [0.15, 0.2) is 5.16 Å². The topological polar surface area (TPSA) is 21.6 Å². The lowest BCUT2D eigenvalue weighted by atomic mass is 10.3. The van der Waals surface area contributed by atoms with Gasteiger partial charge in [0.2, 0.25) is 0 Å². The van der Waals surface area contributed by atoms with E-state index in [1.165, 1.54) is 12.8 Å². The Morgan fingerprint density at radius 1 is 1.44 bits per heavy atom. The van der Waals surface area contributed by atoms with Gasteiger partial charge in [0.05, 0.1) is 0 Å². The third-order valence-electron chi connectivity index (χ3n) is 1.02. The van der Waals surface area contributed by atoms with E-state index < -0.39 is 0 Å². The lowest BCUT2D eigenvalue weighted by Crippen LogP contribution is -1.86. The van der Waals surface area contributed by atoms with E-state index in [4.69, 9.17) is 4.84 Å². The Kier molecular flexibility index (Phi) is 7.03. The molecule has 9 heavy (non-hydrogen) atoms. The zero-order valence-corrected chi connectivity index (χ0v) is 6.26.